The molecule has 3 heteroatoms. The molecule has 0 bridgehead atoms. The maximum absolute atomic E-state index is 3.64. The third-order valence-electron chi connectivity index (χ3n) is 4.28. The summed E-state index contributed by atoms with van der Waals surface area (Å²) in [5.41, 5.74) is 0. The van der Waals surface area contributed by atoms with E-state index in [1.165, 1.54) is 69.5 Å². The molecule has 2 aliphatic rings. The molecule has 100 valence electrons. The number of hydrogen-bond acceptors (Lipinski definition) is 3. The van der Waals surface area contributed by atoms with Gasteiger partial charge >= 0.3 is 0 Å². The topological polar surface area (TPSA) is 15.3 Å². The molecule has 0 aromatic rings. The molecule has 0 aromatic heterocycles. The van der Waals surface area contributed by atoms with Gasteiger partial charge in [0.25, 0.3) is 0 Å². The number of hydrogen-bond donors (Lipinski definition) is 1. The second kappa shape index (κ2) is 7.65. The van der Waals surface area contributed by atoms with Gasteiger partial charge in [-0.25, -0.2) is 0 Å². The van der Waals surface area contributed by atoms with E-state index < -0.39 is 0 Å². The molecular weight excluding hydrogens is 228 g/mol. The molecule has 0 radical (unpaired) electrons. The Morgan fingerprint density at radius 2 is 1.94 bits per heavy atom. The smallest absolute Gasteiger partial charge is 0.0170 e. The lowest BCUT2D eigenvalue weighted by molar-refractivity contribution is 0.211. The molecule has 1 aliphatic heterocycles. The Balaban J connectivity index is 1.66. The Morgan fingerprint density at radius 1 is 1.18 bits per heavy atom. The zero-order valence-corrected chi connectivity index (χ0v) is 12.1. The fraction of sp³-hybridized carbons (Fsp3) is 1.00. The van der Waals surface area contributed by atoms with Crippen LogP contribution in [-0.2, 0) is 0 Å². The molecule has 1 atom stereocenters. The average molecular weight is 256 g/mol. The maximum Gasteiger partial charge on any atom is 0.0170 e. The van der Waals surface area contributed by atoms with Crippen LogP contribution in [0.1, 0.15) is 44.9 Å². The van der Waals surface area contributed by atoms with Crippen LogP contribution < -0.4 is 5.32 Å². The zero-order chi connectivity index (χ0) is 11.9. The van der Waals surface area contributed by atoms with E-state index >= 15 is 0 Å². The highest BCUT2D eigenvalue weighted by Gasteiger charge is 2.19. The van der Waals surface area contributed by atoms with Gasteiger partial charge in [-0.1, -0.05) is 25.7 Å². The van der Waals surface area contributed by atoms with Crippen molar-refractivity contribution >= 4 is 11.8 Å². The van der Waals surface area contributed by atoms with Crippen molar-refractivity contribution in [2.24, 2.45) is 0 Å². The molecule has 1 heterocycles. The van der Waals surface area contributed by atoms with Crippen LogP contribution in [-0.4, -0.2) is 48.6 Å². The van der Waals surface area contributed by atoms with Crippen molar-refractivity contribution in [3.63, 3.8) is 0 Å². The highest BCUT2D eigenvalue weighted by atomic mass is 32.2. The van der Waals surface area contributed by atoms with E-state index in [0.29, 0.717) is 0 Å². The summed E-state index contributed by atoms with van der Waals surface area (Å²) < 4.78 is 0. The minimum absolute atomic E-state index is 0.766. The van der Waals surface area contributed by atoms with Crippen molar-refractivity contribution in [2.75, 3.05) is 31.6 Å². The fourth-order valence-electron chi connectivity index (χ4n) is 3.05. The van der Waals surface area contributed by atoms with Gasteiger partial charge < -0.3 is 10.2 Å². The molecule has 1 saturated carbocycles. The molecule has 0 amide bonds. The molecule has 2 fully saturated rings. The standard InChI is InChI=1S/C14H28N2S/c1-16(14-6-4-2-3-5-7-14)10-8-13-12-17-11-9-15-13/h13-15H,2-12H2,1H3. The van der Waals surface area contributed by atoms with E-state index in [1.807, 2.05) is 0 Å². The molecule has 0 aromatic carbocycles. The lowest BCUT2D eigenvalue weighted by Crippen LogP contribution is -2.41. The number of thioether (sulfide) groups is 1. The van der Waals surface area contributed by atoms with Gasteiger partial charge in [-0.2, -0.15) is 11.8 Å². The van der Waals surface area contributed by atoms with E-state index in [2.05, 4.69) is 29.0 Å². The molecule has 17 heavy (non-hydrogen) atoms. The Hall–Kier alpha value is 0.270. The highest BCUT2D eigenvalue weighted by Crippen LogP contribution is 2.21. The first-order valence-electron chi connectivity index (χ1n) is 7.37. The van der Waals surface area contributed by atoms with Crippen LogP contribution in [0, 0.1) is 0 Å². The second-order valence-electron chi connectivity index (χ2n) is 5.64. The number of nitrogens with zero attached hydrogens (tertiary/aromatic N) is 1. The van der Waals surface area contributed by atoms with Gasteiger partial charge in [0.05, 0.1) is 0 Å². The van der Waals surface area contributed by atoms with Crippen molar-refractivity contribution in [2.45, 2.75) is 57.0 Å². The predicted molar refractivity (Wildman–Crippen MR) is 77.9 cm³/mol. The SMILES string of the molecule is CN(CCC1CSCCN1)C1CCCCCC1. The maximum atomic E-state index is 3.64. The highest BCUT2D eigenvalue weighted by molar-refractivity contribution is 7.99. The van der Waals surface area contributed by atoms with E-state index in [0.717, 1.165) is 12.1 Å². The summed E-state index contributed by atoms with van der Waals surface area (Å²) in [7, 11) is 2.34. The number of rotatable bonds is 4. The van der Waals surface area contributed by atoms with Gasteiger partial charge in [-0.3, -0.25) is 0 Å². The fourth-order valence-corrected chi connectivity index (χ4v) is 4.04. The largest absolute Gasteiger partial charge is 0.312 e. The Bertz CT molecular complexity index is 196. The van der Waals surface area contributed by atoms with Crippen LogP contribution in [0.25, 0.3) is 0 Å². The zero-order valence-electron chi connectivity index (χ0n) is 11.3. The molecular formula is C14H28N2S. The third-order valence-corrected chi connectivity index (χ3v) is 5.41. The van der Waals surface area contributed by atoms with Crippen molar-refractivity contribution in [1.82, 2.24) is 10.2 Å². The van der Waals surface area contributed by atoms with Crippen molar-refractivity contribution in [3.8, 4) is 0 Å². The first kappa shape index (κ1) is 13.7. The first-order valence-corrected chi connectivity index (χ1v) is 8.53. The Kier molecular flexibility index (Phi) is 6.16. The quantitative estimate of drug-likeness (QED) is 0.779. The second-order valence-corrected chi connectivity index (χ2v) is 6.79. The van der Waals surface area contributed by atoms with Gasteiger partial charge in [-0.05, 0) is 32.9 Å². The predicted octanol–water partition coefficient (Wildman–Crippen LogP) is 2.74. The Morgan fingerprint density at radius 3 is 2.59 bits per heavy atom. The van der Waals surface area contributed by atoms with Crippen LogP contribution in [0.3, 0.4) is 0 Å². The molecule has 1 N–H and O–H groups in total. The van der Waals surface area contributed by atoms with E-state index in [1.54, 1.807) is 0 Å². The summed E-state index contributed by atoms with van der Waals surface area (Å²) in [6, 6.07) is 1.63. The lowest BCUT2D eigenvalue weighted by atomic mass is 10.1. The molecule has 1 unspecified atom stereocenters. The van der Waals surface area contributed by atoms with E-state index in [9.17, 15) is 0 Å². The van der Waals surface area contributed by atoms with Crippen LogP contribution in [0.2, 0.25) is 0 Å². The lowest BCUT2D eigenvalue weighted by Gasteiger charge is -2.30. The molecule has 2 nitrogen and oxygen atoms in total. The number of nitrogens with one attached hydrogen (secondary N) is 1. The van der Waals surface area contributed by atoms with Gasteiger partial charge in [0.2, 0.25) is 0 Å². The molecule has 1 aliphatic carbocycles. The van der Waals surface area contributed by atoms with Gasteiger partial charge in [0.15, 0.2) is 0 Å². The van der Waals surface area contributed by atoms with Gasteiger partial charge in [0, 0.05) is 30.1 Å². The molecule has 1 saturated heterocycles. The molecule has 0 spiro atoms. The average Bonchev–Trinajstić information content (AvgIpc) is 2.66. The van der Waals surface area contributed by atoms with Gasteiger partial charge in [0.1, 0.15) is 0 Å². The summed E-state index contributed by atoms with van der Waals surface area (Å²) in [4.78, 5) is 2.63. The van der Waals surface area contributed by atoms with Crippen LogP contribution in [0.4, 0.5) is 0 Å². The summed E-state index contributed by atoms with van der Waals surface area (Å²) in [6.45, 7) is 2.49. The third kappa shape index (κ3) is 4.80. The summed E-state index contributed by atoms with van der Waals surface area (Å²) in [5.74, 6) is 2.62. The van der Waals surface area contributed by atoms with Gasteiger partial charge in [-0.15, -0.1) is 0 Å². The van der Waals surface area contributed by atoms with Crippen LogP contribution >= 0.6 is 11.8 Å². The van der Waals surface area contributed by atoms with Crippen molar-refractivity contribution < 1.29 is 0 Å². The Labute approximate surface area is 111 Å². The summed E-state index contributed by atoms with van der Waals surface area (Å²) in [6.07, 6.45) is 10.0. The first-order chi connectivity index (χ1) is 8.36. The molecule has 2 rings (SSSR count). The summed E-state index contributed by atoms with van der Waals surface area (Å²) in [5, 5.41) is 3.64. The van der Waals surface area contributed by atoms with Crippen molar-refractivity contribution in [3.05, 3.63) is 0 Å². The summed E-state index contributed by atoms with van der Waals surface area (Å²) >= 11 is 2.11. The monoisotopic (exact) mass is 256 g/mol. The van der Waals surface area contributed by atoms with E-state index in [4.69, 9.17) is 0 Å². The minimum atomic E-state index is 0.766. The van der Waals surface area contributed by atoms with E-state index in [-0.39, 0.29) is 0 Å². The normalized spacial score (nSPS) is 28.2. The van der Waals surface area contributed by atoms with Crippen LogP contribution in [0.5, 0.6) is 0 Å². The van der Waals surface area contributed by atoms with Crippen molar-refractivity contribution in [1.29, 1.82) is 0 Å². The minimum Gasteiger partial charge on any atom is -0.312 e. The van der Waals surface area contributed by atoms with Crippen LogP contribution in [0.15, 0.2) is 0 Å².